The maximum atomic E-state index is 11.9. The highest BCUT2D eigenvalue weighted by molar-refractivity contribution is 5.68. The van der Waals surface area contributed by atoms with Gasteiger partial charge in [0, 0.05) is 24.8 Å². The van der Waals surface area contributed by atoms with Crippen molar-refractivity contribution in [3.63, 3.8) is 0 Å². The minimum Gasteiger partial charge on any atom is -0.444 e. The molecule has 1 heterocycles. The highest BCUT2D eigenvalue weighted by atomic mass is 16.6. The van der Waals surface area contributed by atoms with Gasteiger partial charge in [0.15, 0.2) is 0 Å². The zero-order chi connectivity index (χ0) is 13.3. The Morgan fingerprint density at radius 2 is 2.00 bits per heavy atom. The summed E-state index contributed by atoms with van der Waals surface area (Å²) < 4.78 is 5.37. The quantitative estimate of drug-likeness (QED) is 0.839. The summed E-state index contributed by atoms with van der Waals surface area (Å²) in [6.45, 7) is 11.2. The largest absolute Gasteiger partial charge is 0.444 e. The minimum absolute atomic E-state index is 0.205. The Morgan fingerprint density at radius 1 is 1.33 bits per heavy atom. The molecule has 2 aliphatic rings. The number of carbonyl (C=O) groups excluding carboxylic acids is 1. The molecule has 1 saturated carbocycles. The Hall–Kier alpha value is -1.19. The van der Waals surface area contributed by atoms with Gasteiger partial charge in [0.05, 0.1) is 0 Å². The van der Waals surface area contributed by atoms with Crippen molar-refractivity contribution < 1.29 is 9.53 Å². The number of nitrogens with zero attached hydrogens (tertiary/aromatic N) is 1. The molecule has 4 nitrogen and oxygen atoms in total. The number of hydrogen-bond donors (Lipinski definition) is 1. The third-order valence-corrected chi connectivity index (χ3v) is 3.30. The van der Waals surface area contributed by atoms with Crippen molar-refractivity contribution in [1.82, 2.24) is 10.2 Å². The fraction of sp³-hybridized carbons (Fsp3) is 0.786. The molecule has 0 aromatic rings. The lowest BCUT2D eigenvalue weighted by Crippen LogP contribution is -2.38. The van der Waals surface area contributed by atoms with Crippen LogP contribution in [-0.2, 0) is 4.74 Å². The van der Waals surface area contributed by atoms with Crippen molar-refractivity contribution in [2.45, 2.75) is 51.7 Å². The summed E-state index contributed by atoms with van der Waals surface area (Å²) in [5.41, 5.74) is 0.728. The summed E-state index contributed by atoms with van der Waals surface area (Å²) >= 11 is 0. The van der Waals surface area contributed by atoms with Gasteiger partial charge in [0.2, 0.25) is 0 Å². The summed E-state index contributed by atoms with van der Waals surface area (Å²) in [7, 11) is 0. The Balaban J connectivity index is 1.77. The van der Waals surface area contributed by atoms with E-state index in [0.717, 1.165) is 25.2 Å². The lowest BCUT2D eigenvalue weighted by molar-refractivity contribution is 0.0291. The molecule has 102 valence electrons. The van der Waals surface area contributed by atoms with Crippen molar-refractivity contribution in [3.05, 3.63) is 12.3 Å². The summed E-state index contributed by atoms with van der Waals surface area (Å²) in [6.07, 6.45) is 3.29. The van der Waals surface area contributed by atoms with Gasteiger partial charge in [0.25, 0.3) is 0 Å². The molecule has 1 saturated heterocycles. The maximum Gasteiger partial charge on any atom is 0.410 e. The molecule has 0 spiro atoms. The third-order valence-electron chi connectivity index (χ3n) is 3.30. The second-order valence-corrected chi connectivity index (χ2v) is 6.36. The van der Waals surface area contributed by atoms with Crippen LogP contribution >= 0.6 is 0 Å². The molecule has 1 aliphatic carbocycles. The van der Waals surface area contributed by atoms with E-state index >= 15 is 0 Å². The molecule has 2 rings (SSSR count). The molecule has 0 radical (unpaired) electrons. The predicted molar refractivity (Wildman–Crippen MR) is 71.2 cm³/mol. The van der Waals surface area contributed by atoms with Crippen LogP contribution in [0.4, 0.5) is 4.79 Å². The van der Waals surface area contributed by atoms with Crippen LogP contribution in [0.15, 0.2) is 12.3 Å². The normalized spacial score (nSPS) is 23.9. The number of carbonyl (C=O) groups is 1. The highest BCUT2D eigenvalue weighted by Gasteiger charge is 2.32. The second-order valence-electron chi connectivity index (χ2n) is 6.36. The number of ether oxygens (including phenoxy) is 1. The van der Waals surface area contributed by atoms with Crippen LogP contribution in [0.1, 0.15) is 40.0 Å². The van der Waals surface area contributed by atoms with E-state index < -0.39 is 5.60 Å². The van der Waals surface area contributed by atoms with Gasteiger partial charge < -0.3 is 15.0 Å². The van der Waals surface area contributed by atoms with E-state index in [1.165, 1.54) is 12.8 Å². The third kappa shape index (κ3) is 3.65. The Bertz CT molecular complexity index is 342. The zero-order valence-electron chi connectivity index (χ0n) is 11.7. The lowest BCUT2D eigenvalue weighted by atomic mass is 10.2. The van der Waals surface area contributed by atoms with Gasteiger partial charge in [-0.15, -0.1) is 0 Å². The van der Waals surface area contributed by atoms with E-state index in [1.807, 2.05) is 20.8 Å². The van der Waals surface area contributed by atoms with Crippen molar-refractivity contribution in [2.24, 2.45) is 5.92 Å². The van der Waals surface area contributed by atoms with Crippen LogP contribution in [-0.4, -0.2) is 35.7 Å². The molecule has 1 aliphatic heterocycles. The Morgan fingerprint density at radius 3 is 2.56 bits per heavy atom. The molecule has 1 unspecified atom stereocenters. The number of amides is 1. The number of allylic oxidation sites excluding steroid dienone is 1. The average Bonchev–Trinajstić information content (AvgIpc) is 2.97. The van der Waals surface area contributed by atoms with Gasteiger partial charge in [-0.2, -0.15) is 0 Å². The monoisotopic (exact) mass is 252 g/mol. The van der Waals surface area contributed by atoms with Crippen LogP contribution in [0, 0.1) is 5.92 Å². The second kappa shape index (κ2) is 4.82. The van der Waals surface area contributed by atoms with Crippen LogP contribution in [0.5, 0.6) is 0 Å². The molecule has 1 amide bonds. The Kier molecular flexibility index (Phi) is 3.55. The van der Waals surface area contributed by atoms with Crippen LogP contribution in [0.3, 0.4) is 0 Å². The predicted octanol–water partition coefficient (Wildman–Crippen LogP) is 2.51. The highest BCUT2D eigenvalue weighted by Crippen LogP contribution is 2.34. The Labute approximate surface area is 109 Å². The summed E-state index contributed by atoms with van der Waals surface area (Å²) in [6, 6.07) is 0.339. The van der Waals surface area contributed by atoms with E-state index in [4.69, 9.17) is 4.74 Å². The number of nitrogens with one attached hydrogen (secondary N) is 1. The smallest absolute Gasteiger partial charge is 0.410 e. The first-order valence-electron chi connectivity index (χ1n) is 6.78. The van der Waals surface area contributed by atoms with Gasteiger partial charge in [-0.05, 0) is 46.0 Å². The van der Waals surface area contributed by atoms with Crippen LogP contribution < -0.4 is 5.32 Å². The fourth-order valence-corrected chi connectivity index (χ4v) is 2.18. The van der Waals surface area contributed by atoms with E-state index in [2.05, 4.69) is 11.9 Å². The van der Waals surface area contributed by atoms with Gasteiger partial charge in [-0.25, -0.2) is 4.79 Å². The van der Waals surface area contributed by atoms with Gasteiger partial charge in [-0.1, -0.05) is 6.58 Å². The van der Waals surface area contributed by atoms with Crippen molar-refractivity contribution in [2.75, 3.05) is 13.1 Å². The van der Waals surface area contributed by atoms with Crippen LogP contribution in [0.2, 0.25) is 0 Å². The van der Waals surface area contributed by atoms with Crippen molar-refractivity contribution in [1.29, 1.82) is 0 Å². The number of rotatable bonds is 3. The summed E-state index contributed by atoms with van der Waals surface area (Å²) in [5, 5.41) is 3.44. The first kappa shape index (κ1) is 13.2. The fourth-order valence-electron chi connectivity index (χ4n) is 2.18. The average molecular weight is 252 g/mol. The molecule has 18 heavy (non-hydrogen) atoms. The first-order chi connectivity index (χ1) is 8.35. The SMILES string of the molecule is C=C(NC1CCN(C(=O)OC(C)(C)C)C1)C1CC1. The molecule has 0 bridgehead atoms. The summed E-state index contributed by atoms with van der Waals surface area (Å²) in [5.74, 6) is 0.667. The van der Waals surface area contributed by atoms with Crippen molar-refractivity contribution >= 4 is 6.09 Å². The summed E-state index contributed by atoms with van der Waals surface area (Å²) in [4.78, 5) is 13.7. The van der Waals surface area contributed by atoms with E-state index in [0.29, 0.717) is 12.0 Å². The van der Waals surface area contributed by atoms with Crippen LogP contribution in [0.25, 0.3) is 0 Å². The molecule has 2 fully saturated rings. The van der Waals surface area contributed by atoms with Gasteiger partial charge in [0.1, 0.15) is 5.60 Å². The minimum atomic E-state index is -0.416. The molecule has 0 aromatic carbocycles. The van der Waals surface area contributed by atoms with Crippen molar-refractivity contribution in [3.8, 4) is 0 Å². The number of likely N-dealkylation sites (tertiary alicyclic amines) is 1. The zero-order valence-corrected chi connectivity index (χ0v) is 11.7. The van der Waals surface area contributed by atoms with Gasteiger partial charge >= 0.3 is 6.09 Å². The molecular formula is C14H24N2O2. The first-order valence-corrected chi connectivity index (χ1v) is 6.78. The molecule has 0 aromatic heterocycles. The molecule has 4 heteroatoms. The van der Waals surface area contributed by atoms with E-state index in [9.17, 15) is 4.79 Å². The van der Waals surface area contributed by atoms with E-state index in [1.54, 1.807) is 4.90 Å². The van der Waals surface area contributed by atoms with E-state index in [-0.39, 0.29) is 6.09 Å². The molecular weight excluding hydrogens is 228 g/mol. The molecule has 1 N–H and O–H groups in total. The van der Waals surface area contributed by atoms with Gasteiger partial charge in [-0.3, -0.25) is 0 Å². The molecule has 1 atom stereocenters. The lowest BCUT2D eigenvalue weighted by Gasteiger charge is -2.24. The number of hydrogen-bond acceptors (Lipinski definition) is 3. The standard InChI is InChI=1S/C14H24N2O2/c1-10(11-5-6-11)15-12-7-8-16(9-12)13(17)18-14(2,3)4/h11-12,15H,1,5-9H2,2-4H3. The topological polar surface area (TPSA) is 41.6 Å². The maximum absolute atomic E-state index is 11.9.